The summed E-state index contributed by atoms with van der Waals surface area (Å²) in [5, 5.41) is 0. The molecule has 1 aliphatic rings. The summed E-state index contributed by atoms with van der Waals surface area (Å²) >= 11 is 0. The van der Waals surface area contributed by atoms with E-state index in [-0.39, 0.29) is 11.9 Å². The van der Waals surface area contributed by atoms with Crippen LogP contribution in [0.5, 0.6) is 0 Å². The number of carbonyl (C=O) groups excluding carboxylic acids is 1. The lowest BCUT2D eigenvalue weighted by Gasteiger charge is -2.28. The summed E-state index contributed by atoms with van der Waals surface area (Å²) in [5.74, 6) is 0.236. The van der Waals surface area contributed by atoms with Gasteiger partial charge < -0.3 is 10.6 Å². The van der Waals surface area contributed by atoms with E-state index in [0.29, 0.717) is 12.6 Å². The second-order valence-corrected chi connectivity index (χ2v) is 5.30. The topological polar surface area (TPSA) is 49.6 Å². The maximum absolute atomic E-state index is 12.0. The molecule has 1 amide bonds. The summed E-state index contributed by atoms with van der Waals surface area (Å²) in [5.41, 5.74) is 5.55. The third-order valence-corrected chi connectivity index (χ3v) is 3.75. The molecule has 0 aromatic rings. The van der Waals surface area contributed by atoms with Gasteiger partial charge in [0.05, 0.1) is 6.54 Å². The Labute approximate surface area is 105 Å². The third kappa shape index (κ3) is 4.28. The van der Waals surface area contributed by atoms with Crippen molar-refractivity contribution in [2.45, 2.75) is 51.6 Å². The zero-order valence-electron chi connectivity index (χ0n) is 11.5. The Morgan fingerprint density at radius 2 is 2.24 bits per heavy atom. The van der Waals surface area contributed by atoms with E-state index in [0.717, 1.165) is 25.9 Å². The van der Waals surface area contributed by atoms with Gasteiger partial charge in [0.2, 0.25) is 5.91 Å². The third-order valence-electron chi connectivity index (χ3n) is 3.75. The molecule has 0 aromatic heterocycles. The van der Waals surface area contributed by atoms with Crippen LogP contribution in [0.3, 0.4) is 0 Å². The van der Waals surface area contributed by atoms with Crippen LogP contribution in [0.25, 0.3) is 0 Å². The van der Waals surface area contributed by atoms with Crippen LogP contribution >= 0.6 is 0 Å². The van der Waals surface area contributed by atoms with Gasteiger partial charge >= 0.3 is 0 Å². The van der Waals surface area contributed by atoms with E-state index in [1.807, 2.05) is 25.8 Å². The Hall–Kier alpha value is -0.610. The van der Waals surface area contributed by atoms with E-state index >= 15 is 0 Å². The van der Waals surface area contributed by atoms with Crippen molar-refractivity contribution in [3.05, 3.63) is 0 Å². The van der Waals surface area contributed by atoms with Gasteiger partial charge in [-0.05, 0) is 52.6 Å². The first-order valence-corrected chi connectivity index (χ1v) is 6.76. The van der Waals surface area contributed by atoms with E-state index in [9.17, 15) is 4.79 Å². The second kappa shape index (κ2) is 6.97. The number of hydrogen-bond acceptors (Lipinski definition) is 3. The van der Waals surface area contributed by atoms with Crippen molar-refractivity contribution < 1.29 is 4.79 Å². The lowest BCUT2D eigenvalue weighted by molar-refractivity contribution is -0.132. The monoisotopic (exact) mass is 241 g/mol. The second-order valence-electron chi connectivity index (χ2n) is 5.30. The molecule has 1 aliphatic heterocycles. The molecule has 17 heavy (non-hydrogen) atoms. The molecule has 1 saturated heterocycles. The summed E-state index contributed by atoms with van der Waals surface area (Å²) in [6.45, 7) is 6.49. The predicted octanol–water partition coefficient (Wildman–Crippen LogP) is 1.06. The fourth-order valence-electron chi connectivity index (χ4n) is 2.36. The zero-order chi connectivity index (χ0) is 12.8. The van der Waals surface area contributed by atoms with E-state index < -0.39 is 0 Å². The van der Waals surface area contributed by atoms with Crippen molar-refractivity contribution in [3.8, 4) is 0 Å². The average Bonchev–Trinajstić information content (AvgIpc) is 2.72. The van der Waals surface area contributed by atoms with Gasteiger partial charge in [0.1, 0.15) is 0 Å². The average molecular weight is 241 g/mol. The normalized spacial score (nSPS) is 21.1. The summed E-state index contributed by atoms with van der Waals surface area (Å²) in [6, 6.07) is 0.857. The van der Waals surface area contributed by atoms with Crippen LogP contribution in [0, 0.1) is 0 Å². The number of likely N-dealkylation sites (N-methyl/N-ethyl adjacent to an activating group) is 1. The molecule has 4 nitrogen and oxygen atoms in total. The Morgan fingerprint density at radius 3 is 2.82 bits per heavy atom. The molecular weight excluding hydrogens is 214 g/mol. The molecule has 0 spiro atoms. The van der Waals surface area contributed by atoms with Gasteiger partial charge in [-0.1, -0.05) is 0 Å². The minimum Gasteiger partial charge on any atom is -0.342 e. The molecule has 1 atom stereocenters. The maximum atomic E-state index is 12.0. The van der Waals surface area contributed by atoms with Crippen molar-refractivity contribution >= 4 is 5.91 Å². The summed E-state index contributed by atoms with van der Waals surface area (Å²) in [4.78, 5) is 16.2. The molecule has 100 valence electrons. The molecule has 1 heterocycles. The van der Waals surface area contributed by atoms with Crippen molar-refractivity contribution in [2.75, 3.05) is 26.7 Å². The fourth-order valence-corrected chi connectivity index (χ4v) is 2.36. The van der Waals surface area contributed by atoms with Gasteiger partial charge in [0.25, 0.3) is 0 Å². The molecule has 1 unspecified atom stereocenters. The maximum Gasteiger partial charge on any atom is 0.236 e. The van der Waals surface area contributed by atoms with Crippen molar-refractivity contribution in [3.63, 3.8) is 0 Å². The highest BCUT2D eigenvalue weighted by Crippen LogP contribution is 2.20. The number of hydrogen-bond donors (Lipinski definition) is 1. The van der Waals surface area contributed by atoms with Gasteiger partial charge in [0.15, 0.2) is 0 Å². The molecule has 2 N–H and O–H groups in total. The zero-order valence-corrected chi connectivity index (χ0v) is 11.5. The predicted molar refractivity (Wildman–Crippen MR) is 70.8 cm³/mol. The minimum atomic E-state index is 0.236. The fraction of sp³-hybridized carbons (Fsp3) is 0.923. The Balaban J connectivity index is 2.41. The van der Waals surface area contributed by atoms with E-state index in [1.165, 1.54) is 12.8 Å². The highest BCUT2D eigenvalue weighted by Gasteiger charge is 2.26. The van der Waals surface area contributed by atoms with Crippen LogP contribution < -0.4 is 5.73 Å². The molecular formula is C13H27N3O. The molecule has 0 aliphatic carbocycles. The van der Waals surface area contributed by atoms with Crippen molar-refractivity contribution in [2.24, 2.45) is 5.73 Å². The first kappa shape index (κ1) is 14.5. The number of rotatable bonds is 6. The van der Waals surface area contributed by atoms with Crippen LogP contribution in [0.2, 0.25) is 0 Å². The number of amides is 1. The highest BCUT2D eigenvalue weighted by atomic mass is 16.2. The highest BCUT2D eigenvalue weighted by molar-refractivity contribution is 5.78. The van der Waals surface area contributed by atoms with Gasteiger partial charge in [-0.25, -0.2) is 0 Å². The van der Waals surface area contributed by atoms with E-state index in [4.69, 9.17) is 5.73 Å². The minimum absolute atomic E-state index is 0.236. The van der Waals surface area contributed by atoms with Crippen LogP contribution in [0.4, 0.5) is 0 Å². The van der Waals surface area contributed by atoms with Gasteiger partial charge in [-0.15, -0.1) is 0 Å². The van der Waals surface area contributed by atoms with Crippen molar-refractivity contribution in [1.82, 2.24) is 9.80 Å². The van der Waals surface area contributed by atoms with Gasteiger partial charge in [-0.2, -0.15) is 0 Å². The summed E-state index contributed by atoms with van der Waals surface area (Å²) in [6.07, 6.45) is 4.64. The van der Waals surface area contributed by atoms with Crippen LogP contribution in [0.1, 0.15) is 39.5 Å². The van der Waals surface area contributed by atoms with Crippen molar-refractivity contribution in [1.29, 1.82) is 0 Å². The Morgan fingerprint density at radius 1 is 1.53 bits per heavy atom. The Kier molecular flexibility index (Phi) is 5.92. The number of nitrogens with two attached hydrogens (primary N) is 1. The van der Waals surface area contributed by atoms with Crippen LogP contribution in [-0.4, -0.2) is 54.5 Å². The van der Waals surface area contributed by atoms with E-state index in [1.54, 1.807) is 0 Å². The molecule has 0 saturated carbocycles. The van der Waals surface area contributed by atoms with Gasteiger partial charge in [0, 0.05) is 19.1 Å². The molecule has 4 heteroatoms. The van der Waals surface area contributed by atoms with E-state index in [2.05, 4.69) is 4.90 Å². The van der Waals surface area contributed by atoms with Crippen LogP contribution in [0.15, 0.2) is 0 Å². The SMILES string of the molecule is CC(C)N(C)C(=O)CN1CCCC1CCCN. The molecule has 0 radical (unpaired) electrons. The van der Waals surface area contributed by atoms with Crippen LogP contribution in [-0.2, 0) is 4.79 Å². The van der Waals surface area contributed by atoms with Gasteiger partial charge in [-0.3, -0.25) is 9.69 Å². The number of carbonyl (C=O) groups is 1. The largest absolute Gasteiger partial charge is 0.342 e. The summed E-state index contributed by atoms with van der Waals surface area (Å²) in [7, 11) is 1.89. The molecule has 0 aromatic carbocycles. The lowest BCUT2D eigenvalue weighted by Crippen LogP contribution is -2.43. The lowest BCUT2D eigenvalue weighted by atomic mass is 10.1. The molecule has 0 bridgehead atoms. The molecule has 1 fully saturated rings. The first-order valence-electron chi connectivity index (χ1n) is 6.76. The smallest absolute Gasteiger partial charge is 0.236 e. The first-order chi connectivity index (χ1) is 8.06. The number of nitrogens with zero attached hydrogens (tertiary/aromatic N) is 2. The standard InChI is InChI=1S/C13H27N3O/c1-11(2)15(3)13(17)10-16-9-5-7-12(16)6-4-8-14/h11-12H,4-10,14H2,1-3H3. The Bertz CT molecular complexity index is 243. The summed E-state index contributed by atoms with van der Waals surface area (Å²) < 4.78 is 0. The quantitative estimate of drug-likeness (QED) is 0.756. The number of likely N-dealkylation sites (tertiary alicyclic amines) is 1. The molecule has 1 rings (SSSR count).